The second-order valence-corrected chi connectivity index (χ2v) is 7.37. The Labute approximate surface area is 153 Å². The highest BCUT2D eigenvalue weighted by Gasteiger charge is 2.29. The molecule has 1 atom stereocenters. The third-order valence-corrected chi connectivity index (χ3v) is 5.68. The zero-order valence-electron chi connectivity index (χ0n) is 14.4. The van der Waals surface area contributed by atoms with Crippen molar-refractivity contribution in [2.75, 3.05) is 26.2 Å². The van der Waals surface area contributed by atoms with Gasteiger partial charge in [-0.25, -0.2) is 0 Å². The maximum absolute atomic E-state index is 12.5. The minimum Gasteiger partial charge on any atom is -0.378 e. The fraction of sp³-hybridized carbons (Fsp3) is 0.579. The van der Waals surface area contributed by atoms with E-state index in [1.165, 1.54) is 0 Å². The molecule has 2 fully saturated rings. The van der Waals surface area contributed by atoms with E-state index in [0.717, 1.165) is 38.8 Å². The Morgan fingerprint density at radius 3 is 2.60 bits per heavy atom. The van der Waals surface area contributed by atoms with Crippen LogP contribution in [-0.4, -0.2) is 52.9 Å². The highest BCUT2D eigenvalue weighted by atomic mass is 35.5. The molecular weight excluding hydrogens is 340 g/mol. The summed E-state index contributed by atoms with van der Waals surface area (Å²) in [6, 6.07) is 6.91. The van der Waals surface area contributed by atoms with Gasteiger partial charge >= 0.3 is 0 Å². The first kappa shape index (κ1) is 18.2. The van der Waals surface area contributed by atoms with E-state index in [9.17, 15) is 14.7 Å². The molecule has 6 heteroatoms. The Bertz CT molecular complexity index is 629. The van der Waals surface area contributed by atoms with E-state index >= 15 is 0 Å². The van der Waals surface area contributed by atoms with Gasteiger partial charge in [-0.05, 0) is 37.7 Å². The Morgan fingerprint density at radius 1 is 1.24 bits per heavy atom. The number of carbonyl (C=O) groups excluding carboxylic acids is 2. The standard InChI is InChI=1S/C19H25ClN2O3/c20-16-5-2-1-4-15(16)18(24)19(25)22-12-8-14(9-13-22)7-11-21-10-3-6-17(21)23/h1-2,4-5,14,18,24H,3,6-13H2/t18-/m0/s1. The molecule has 0 radical (unpaired) electrons. The SMILES string of the molecule is O=C1CCCN1CCC1CCN(C(=O)[C@@H](O)c2ccccc2Cl)CC1. The van der Waals surface area contributed by atoms with Gasteiger partial charge in [-0.2, -0.15) is 0 Å². The van der Waals surface area contributed by atoms with Crippen molar-refractivity contribution < 1.29 is 14.7 Å². The molecule has 136 valence electrons. The fourth-order valence-electron chi connectivity index (χ4n) is 3.72. The minimum atomic E-state index is -1.20. The lowest BCUT2D eigenvalue weighted by molar-refractivity contribution is -0.142. The molecule has 2 amide bonds. The molecule has 0 aromatic heterocycles. The fourth-order valence-corrected chi connectivity index (χ4v) is 3.96. The van der Waals surface area contributed by atoms with Crippen LogP contribution >= 0.6 is 11.6 Å². The Kier molecular flexibility index (Phi) is 5.97. The summed E-state index contributed by atoms with van der Waals surface area (Å²) in [4.78, 5) is 27.9. The zero-order chi connectivity index (χ0) is 17.8. The number of likely N-dealkylation sites (tertiary alicyclic amines) is 2. The molecule has 2 saturated heterocycles. The van der Waals surface area contributed by atoms with Crippen LogP contribution in [0.5, 0.6) is 0 Å². The van der Waals surface area contributed by atoms with Gasteiger partial charge in [0.25, 0.3) is 5.91 Å². The van der Waals surface area contributed by atoms with Gasteiger partial charge in [-0.3, -0.25) is 9.59 Å². The van der Waals surface area contributed by atoms with Crippen LogP contribution in [0.4, 0.5) is 0 Å². The molecule has 25 heavy (non-hydrogen) atoms. The molecule has 0 bridgehead atoms. The van der Waals surface area contributed by atoms with Crippen LogP contribution in [0.25, 0.3) is 0 Å². The molecule has 2 aliphatic heterocycles. The molecule has 0 aliphatic carbocycles. The van der Waals surface area contributed by atoms with Crippen molar-refractivity contribution in [3.63, 3.8) is 0 Å². The summed E-state index contributed by atoms with van der Waals surface area (Å²) in [6.07, 6.45) is 3.30. The van der Waals surface area contributed by atoms with Crippen molar-refractivity contribution in [3.05, 3.63) is 34.9 Å². The summed E-state index contributed by atoms with van der Waals surface area (Å²) in [6.45, 7) is 3.03. The number of aliphatic hydroxyl groups excluding tert-OH is 1. The lowest BCUT2D eigenvalue weighted by Crippen LogP contribution is -2.41. The number of carbonyl (C=O) groups is 2. The topological polar surface area (TPSA) is 60.9 Å². The number of nitrogens with zero attached hydrogens (tertiary/aromatic N) is 2. The normalized spacial score (nSPS) is 20.2. The summed E-state index contributed by atoms with van der Waals surface area (Å²) in [5, 5.41) is 10.8. The smallest absolute Gasteiger partial charge is 0.256 e. The Morgan fingerprint density at radius 2 is 1.96 bits per heavy atom. The van der Waals surface area contributed by atoms with E-state index in [2.05, 4.69) is 0 Å². The van der Waals surface area contributed by atoms with E-state index in [1.807, 2.05) is 4.90 Å². The van der Waals surface area contributed by atoms with Crippen molar-refractivity contribution >= 4 is 23.4 Å². The van der Waals surface area contributed by atoms with E-state index in [1.54, 1.807) is 29.2 Å². The monoisotopic (exact) mass is 364 g/mol. The second-order valence-electron chi connectivity index (χ2n) is 6.97. The van der Waals surface area contributed by atoms with Gasteiger partial charge in [-0.1, -0.05) is 29.8 Å². The number of piperidine rings is 1. The molecule has 5 nitrogen and oxygen atoms in total. The van der Waals surface area contributed by atoms with Gasteiger partial charge in [0.05, 0.1) is 0 Å². The van der Waals surface area contributed by atoms with Crippen molar-refractivity contribution in [2.45, 2.75) is 38.2 Å². The van der Waals surface area contributed by atoms with E-state index < -0.39 is 6.10 Å². The van der Waals surface area contributed by atoms with E-state index in [0.29, 0.717) is 36.0 Å². The lowest BCUT2D eigenvalue weighted by atomic mass is 9.93. The third kappa shape index (κ3) is 4.33. The van der Waals surface area contributed by atoms with Crippen molar-refractivity contribution in [1.82, 2.24) is 9.80 Å². The van der Waals surface area contributed by atoms with Gasteiger partial charge in [0, 0.05) is 43.2 Å². The molecular formula is C19H25ClN2O3. The number of amides is 2. The van der Waals surface area contributed by atoms with Gasteiger partial charge in [-0.15, -0.1) is 0 Å². The highest BCUT2D eigenvalue weighted by Crippen LogP contribution is 2.27. The summed E-state index contributed by atoms with van der Waals surface area (Å²) in [7, 11) is 0. The third-order valence-electron chi connectivity index (χ3n) is 5.34. The zero-order valence-corrected chi connectivity index (χ0v) is 15.1. The average Bonchev–Trinajstić information content (AvgIpc) is 3.04. The van der Waals surface area contributed by atoms with Crippen LogP contribution < -0.4 is 0 Å². The van der Waals surface area contributed by atoms with E-state index in [4.69, 9.17) is 11.6 Å². The summed E-state index contributed by atoms with van der Waals surface area (Å²) in [5.41, 5.74) is 0.462. The van der Waals surface area contributed by atoms with Crippen LogP contribution in [0, 0.1) is 5.92 Å². The molecule has 0 spiro atoms. The van der Waals surface area contributed by atoms with Crippen molar-refractivity contribution in [2.24, 2.45) is 5.92 Å². The van der Waals surface area contributed by atoms with E-state index in [-0.39, 0.29) is 11.8 Å². The molecule has 0 saturated carbocycles. The number of hydrogen-bond donors (Lipinski definition) is 1. The average molecular weight is 365 g/mol. The quantitative estimate of drug-likeness (QED) is 0.873. The Hall–Kier alpha value is -1.59. The maximum Gasteiger partial charge on any atom is 0.256 e. The lowest BCUT2D eigenvalue weighted by Gasteiger charge is -2.34. The maximum atomic E-state index is 12.5. The van der Waals surface area contributed by atoms with Gasteiger partial charge in [0.1, 0.15) is 0 Å². The molecule has 2 aliphatic rings. The predicted molar refractivity (Wildman–Crippen MR) is 96.1 cm³/mol. The number of benzene rings is 1. The van der Waals surface area contributed by atoms with Gasteiger partial charge < -0.3 is 14.9 Å². The van der Waals surface area contributed by atoms with Crippen molar-refractivity contribution in [1.29, 1.82) is 0 Å². The number of hydrogen-bond acceptors (Lipinski definition) is 3. The van der Waals surface area contributed by atoms with Crippen LogP contribution in [0.1, 0.15) is 43.8 Å². The van der Waals surface area contributed by atoms with Crippen LogP contribution in [0.2, 0.25) is 5.02 Å². The molecule has 2 heterocycles. The highest BCUT2D eigenvalue weighted by molar-refractivity contribution is 6.31. The molecule has 1 aromatic rings. The first-order valence-corrected chi connectivity index (χ1v) is 9.43. The second kappa shape index (κ2) is 8.19. The summed E-state index contributed by atoms with van der Waals surface area (Å²) in [5.74, 6) is 0.534. The van der Waals surface area contributed by atoms with Crippen LogP contribution in [-0.2, 0) is 9.59 Å². The summed E-state index contributed by atoms with van der Waals surface area (Å²) < 4.78 is 0. The minimum absolute atomic E-state index is 0.274. The predicted octanol–water partition coefficient (Wildman–Crippen LogP) is 2.62. The van der Waals surface area contributed by atoms with Gasteiger partial charge in [0.15, 0.2) is 6.10 Å². The van der Waals surface area contributed by atoms with Crippen LogP contribution in [0.15, 0.2) is 24.3 Å². The number of halogens is 1. The Balaban J connectivity index is 1.47. The molecule has 0 unspecified atom stereocenters. The van der Waals surface area contributed by atoms with Crippen molar-refractivity contribution in [3.8, 4) is 0 Å². The van der Waals surface area contributed by atoms with Gasteiger partial charge in [0.2, 0.25) is 5.91 Å². The summed E-state index contributed by atoms with van der Waals surface area (Å²) >= 11 is 6.08. The first-order chi connectivity index (χ1) is 12.1. The van der Waals surface area contributed by atoms with Crippen LogP contribution in [0.3, 0.4) is 0 Å². The first-order valence-electron chi connectivity index (χ1n) is 9.05. The number of rotatable bonds is 5. The molecule has 1 aromatic carbocycles. The number of aliphatic hydroxyl groups is 1. The molecule has 1 N–H and O–H groups in total. The molecule has 3 rings (SSSR count). The largest absolute Gasteiger partial charge is 0.378 e.